The Morgan fingerprint density at radius 1 is 0.352 bits per heavy atom. The van der Waals surface area contributed by atoms with E-state index in [0.717, 1.165) is 99.1 Å². The summed E-state index contributed by atoms with van der Waals surface area (Å²) in [5.74, 6) is 7.90. The molecule has 32 atom stereocenters. The van der Waals surface area contributed by atoms with Crippen molar-refractivity contribution in [3.05, 3.63) is 0 Å². The average Bonchev–Trinajstić information content (AvgIpc) is 4.21. The second-order valence-electron chi connectivity index (χ2n) is 25.4. The van der Waals surface area contributed by atoms with Crippen LogP contribution in [0.5, 0.6) is 0 Å². The topological polar surface area (TPSA) is 177 Å². The van der Waals surface area contributed by atoms with Gasteiger partial charge in [-0.2, -0.15) is 0 Å². The monoisotopic (exact) mass is 993 g/mol. The van der Waals surface area contributed by atoms with Gasteiger partial charge in [-0.25, -0.2) is 0 Å². The number of hydrogen-bond donors (Lipinski definition) is 0. The maximum Gasteiger partial charge on any atom is 0.309 e. The fourth-order valence-corrected chi connectivity index (χ4v) is 17.0. The molecule has 10 saturated carbocycles. The normalized spacial score (nSPS) is 59.9. The average molecular weight is 993 g/mol. The van der Waals surface area contributed by atoms with Gasteiger partial charge >= 0.3 is 5.97 Å². The molecule has 22 fully saturated rings. The summed E-state index contributed by atoms with van der Waals surface area (Å²) in [5, 5.41) is 0. The van der Waals surface area contributed by atoms with Gasteiger partial charge in [0, 0.05) is 12.8 Å². The molecule has 14 nitrogen and oxygen atoms in total. The Hall–Kier alpha value is -1.01. The molecular weight excluding hydrogens is 909 g/mol. The summed E-state index contributed by atoms with van der Waals surface area (Å²) in [6.07, 6.45) is 33.7. The van der Waals surface area contributed by atoms with Gasteiger partial charge in [-0.3, -0.25) is 4.79 Å². The minimum Gasteiger partial charge on any atom is -0.465 e. The van der Waals surface area contributed by atoms with E-state index in [1.54, 1.807) is 0 Å². The number of epoxide rings is 12. The molecule has 0 spiro atoms. The van der Waals surface area contributed by atoms with Gasteiger partial charge in [0.2, 0.25) is 0 Å². The van der Waals surface area contributed by atoms with Gasteiger partial charge in [-0.1, -0.05) is 27.7 Å². The van der Waals surface area contributed by atoms with Crippen molar-refractivity contribution in [2.75, 3.05) is 19.8 Å². The molecule has 0 N–H and O–H groups in total. The van der Waals surface area contributed by atoms with Crippen molar-refractivity contribution in [3.8, 4) is 0 Å². The number of carbonyl (C=O) groups is 1. The summed E-state index contributed by atoms with van der Waals surface area (Å²) in [4.78, 5) is 12.0. The first-order chi connectivity index (χ1) is 35.0. The first-order valence-electron chi connectivity index (χ1n) is 29.9. The van der Waals surface area contributed by atoms with Crippen LogP contribution in [0.3, 0.4) is 0 Å². The molecule has 0 amide bonds. The smallest absolute Gasteiger partial charge is 0.309 e. The van der Waals surface area contributed by atoms with Crippen LogP contribution in [0.15, 0.2) is 0 Å². The summed E-state index contributed by atoms with van der Waals surface area (Å²) in [5.41, 5.74) is 0. The van der Waals surface area contributed by atoms with E-state index < -0.39 is 0 Å². The van der Waals surface area contributed by atoms with E-state index in [4.69, 9.17) is 61.6 Å². The van der Waals surface area contributed by atoms with E-state index in [9.17, 15) is 4.79 Å². The standard InChI is InChI=1S/C14H20O4.C10H12O2.C9H12O2.C8H12O2.2C6H8O2.2C2H6/c15-14(9-2-4-11-13(6-9)18-11)16-7-8-1-3-10-12(5-8)17-10;1-4-3-2-6-10(11-6)7(3)5(1)9-8(4)12-9;1-4-2-6(9-8(4)11-9)5(1)7-3-10-7;1-2-6-7(10-6)3-5(1)8-4-9-8;1-3-5(7-3)2-6-4(1)8-6;1-2-4-6(8-4)5-3(1)7-5;2*1-2/h8-13H,1-7H2;3-10H,1-2H2;4-9H,1-3H2;5-8H,1-4H2;2*3-6H,1-2H2;2*1-2H3. The Morgan fingerprint density at radius 2 is 0.873 bits per heavy atom. The third kappa shape index (κ3) is 9.77. The number of esters is 1. The zero-order valence-electron chi connectivity index (χ0n) is 42.8. The van der Waals surface area contributed by atoms with Crippen LogP contribution in [0.2, 0.25) is 0 Å². The summed E-state index contributed by atoms with van der Waals surface area (Å²) >= 11 is 0. The lowest BCUT2D eigenvalue weighted by atomic mass is 9.81. The van der Waals surface area contributed by atoms with Gasteiger partial charge in [0.1, 0.15) is 12.2 Å². The van der Waals surface area contributed by atoms with Crippen LogP contribution in [-0.4, -0.2) is 160 Å². The molecule has 0 aromatic carbocycles. The maximum absolute atomic E-state index is 12.0. The fourth-order valence-electron chi connectivity index (χ4n) is 17.0. The zero-order valence-corrected chi connectivity index (χ0v) is 42.8. The summed E-state index contributed by atoms with van der Waals surface area (Å²) in [6.45, 7) is 10.6. The molecule has 71 heavy (non-hydrogen) atoms. The van der Waals surface area contributed by atoms with E-state index >= 15 is 0 Å². The largest absolute Gasteiger partial charge is 0.465 e. The van der Waals surface area contributed by atoms with E-state index in [2.05, 4.69) is 0 Å². The minimum atomic E-state index is 0.00258. The highest BCUT2D eigenvalue weighted by Gasteiger charge is 2.74. The molecule has 12 aliphatic heterocycles. The molecular formula is C57H84O14. The summed E-state index contributed by atoms with van der Waals surface area (Å²) < 4.78 is 70.6. The lowest BCUT2D eigenvalue weighted by Crippen LogP contribution is -2.27. The van der Waals surface area contributed by atoms with Gasteiger partial charge in [-0.15, -0.1) is 0 Å². The molecule has 4 bridgehead atoms. The van der Waals surface area contributed by atoms with E-state index in [0.29, 0.717) is 147 Å². The van der Waals surface area contributed by atoms with E-state index in [1.807, 2.05) is 27.7 Å². The minimum absolute atomic E-state index is 0.00258. The van der Waals surface area contributed by atoms with E-state index in [-0.39, 0.29) is 11.9 Å². The van der Waals surface area contributed by atoms with E-state index in [1.165, 1.54) is 70.6 Å². The van der Waals surface area contributed by atoms with Crippen LogP contribution in [-0.2, 0) is 66.4 Å². The number of ether oxygens (including phenoxy) is 13. The quantitative estimate of drug-likeness (QED) is 0.205. The highest BCUT2D eigenvalue weighted by molar-refractivity contribution is 5.72. The molecule has 10 aliphatic carbocycles. The maximum atomic E-state index is 12.0. The molecule has 32 unspecified atom stereocenters. The van der Waals surface area contributed by atoms with Crippen molar-refractivity contribution in [1.82, 2.24) is 0 Å². The third-order valence-electron chi connectivity index (χ3n) is 21.4. The van der Waals surface area contributed by atoms with Gasteiger partial charge in [0.25, 0.3) is 0 Å². The lowest BCUT2D eigenvalue weighted by Gasteiger charge is -2.22. The molecule has 0 aromatic rings. The molecule has 12 saturated heterocycles. The molecule has 396 valence electrons. The van der Waals surface area contributed by atoms with Crippen LogP contribution in [0.4, 0.5) is 0 Å². The Kier molecular flexibility index (Phi) is 12.4. The van der Waals surface area contributed by atoms with Gasteiger partial charge in [-0.05, 0) is 150 Å². The van der Waals surface area contributed by atoms with Crippen molar-refractivity contribution in [3.63, 3.8) is 0 Å². The van der Waals surface area contributed by atoms with Gasteiger partial charge in [0.05, 0.1) is 148 Å². The molecule has 0 aromatic heterocycles. The highest BCUT2D eigenvalue weighted by atomic mass is 16.7. The lowest BCUT2D eigenvalue weighted by molar-refractivity contribution is -0.151. The van der Waals surface area contributed by atoms with Crippen LogP contribution in [0.25, 0.3) is 0 Å². The predicted octanol–water partition coefficient (Wildman–Crippen LogP) is 6.92. The van der Waals surface area contributed by atoms with Gasteiger partial charge < -0.3 is 61.6 Å². The summed E-state index contributed by atoms with van der Waals surface area (Å²) in [7, 11) is 0. The molecule has 22 aliphatic rings. The fraction of sp³-hybridized carbons (Fsp3) is 0.982. The first-order valence-corrected chi connectivity index (χ1v) is 29.9. The Bertz CT molecular complexity index is 1900. The molecule has 12 heterocycles. The van der Waals surface area contributed by atoms with Crippen molar-refractivity contribution in [2.24, 2.45) is 59.2 Å². The Balaban J connectivity index is 0.0000000767. The SMILES string of the molecule is C1C2OC2C2C1C1CC2C2OC12.C1C2OC2CC2OC12.C1CC2OC2C2OC12.C1CC2OC2CC1C1CO1.C1OC1C1CC2CC1C1OC21.CC.CC.O=C(OCC1CCC2OC2C1)C1CCC2OC2C1. The third-order valence-corrected chi connectivity index (χ3v) is 21.4. The van der Waals surface area contributed by atoms with Crippen molar-refractivity contribution in [2.45, 2.75) is 271 Å². The second kappa shape index (κ2) is 18.6. The van der Waals surface area contributed by atoms with Gasteiger partial charge in [0.15, 0.2) is 0 Å². The van der Waals surface area contributed by atoms with Crippen molar-refractivity contribution >= 4 is 5.97 Å². The highest BCUT2D eigenvalue weighted by Crippen LogP contribution is 2.69. The number of rotatable bonds is 5. The molecule has 22 rings (SSSR count). The molecule has 14 heteroatoms. The Morgan fingerprint density at radius 3 is 1.49 bits per heavy atom. The predicted molar refractivity (Wildman–Crippen MR) is 253 cm³/mol. The summed E-state index contributed by atoms with van der Waals surface area (Å²) in [6, 6.07) is 0. The Labute approximate surface area is 421 Å². The number of fused-ring (bicyclic) bond motifs is 23. The van der Waals surface area contributed by atoms with Crippen molar-refractivity contribution in [1.29, 1.82) is 0 Å². The van der Waals surface area contributed by atoms with Crippen LogP contribution >= 0.6 is 0 Å². The zero-order chi connectivity index (χ0) is 47.4. The second-order valence-corrected chi connectivity index (χ2v) is 25.4. The van der Waals surface area contributed by atoms with Crippen LogP contribution < -0.4 is 0 Å². The first kappa shape index (κ1) is 47.2. The van der Waals surface area contributed by atoms with Crippen LogP contribution in [0, 0.1) is 59.2 Å². The molecule has 0 radical (unpaired) electrons. The van der Waals surface area contributed by atoms with Crippen LogP contribution in [0.1, 0.15) is 137 Å². The number of carbonyl (C=O) groups excluding carboxylic acids is 1. The number of hydrogen-bond acceptors (Lipinski definition) is 14. The van der Waals surface area contributed by atoms with Crippen molar-refractivity contribution < 1.29 is 66.4 Å².